The van der Waals surface area contributed by atoms with E-state index in [1.165, 1.54) is 41.0 Å². The Kier molecular flexibility index (Phi) is 6.51. The molecule has 1 atom stereocenters. The molecule has 1 aromatic heterocycles. The van der Waals surface area contributed by atoms with E-state index in [9.17, 15) is 14.4 Å². The Morgan fingerprint density at radius 1 is 1.16 bits per heavy atom. The van der Waals surface area contributed by atoms with E-state index in [1.807, 2.05) is 0 Å². The predicted molar refractivity (Wildman–Crippen MR) is 131 cm³/mol. The first-order valence-electron chi connectivity index (χ1n) is 12.5. The molecule has 196 valence electrons. The molecule has 3 heterocycles. The fourth-order valence-electron chi connectivity index (χ4n) is 4.41. The fourth-order valence-corrected chi connectivity index (χ4v) is 4.41. The van der Waals surface area contributed by atoms with Crippen molar-refractivity contribution in [3.05, 3.63) is 47.4 Å². The van der Waals surface area contributed by atoms with Crippen LogP contribution in [0.4, 0.5) is 10.1 Å². The van der Waals surface area contributed by atoms with Gasteiger partial charge in [-0.2, -0.15) is 0 Å². The highest BCUT2D eigenvalue weighted by Crippen LogP contribution is 2.33. The predicted octanol–water partition coefficient (Wildman–Crippen LogP) is 3.49. The normalized spacial score (nSPS) is 19.3. The number of fused-ring (bicyclic) bond motifs is 1. The Labute approximate surface area is 214 Å². The van der Waals surface area contributed by atoms with E-state index >= 15 is 4.39 Å². The SMILES string of the molecule is CC(C)(C)OC(=O)CN1Cc2c(F)cc(N3CC[C@@H](Oc4ccc(OCC5CC5)nc4)C3=O)cc2C1=O. The van der Waals surface area contributed by atoms with Crippen LogP contribution in [0.1, 0.15) is 56.0 Å². The number of pyridine rings is 1. The number of halogens is 1. The molecule has 3 aliphatic rings. The molecule has 1 aromatic carbocycles. The first-order chi connectivity index (χ1) is 17.6. The van der Waals surface area contributed by atoms with Gasteiger partial charge in [0.25, 0.3) is 11.8 Å². The molecule has 1 saturated carbocycles. The van der Waals surface area contributed by atoms with Gasteiger partial charge in [0.15, 0.2) is 6.10 Å². The highest BCUT2D eigenvalue weighted by atomic mass is 19.1. The van der Waals surface area contributed by atoms with Crippen LogP contribution < -0.4 is 14.4 Å². The van der Waals surface area contributed by atoms with Crippen molar-refractivity contribution in [1.82, 2.24) is 9.88 Å². The van der Waals surface area contributed by atoms with Crippen molar-refractivity contribution in [1.29, 1.82) is 0 Å². The van der Waals surface area contributed by atoms with Crippen LogP contribution in [0.25, 0.3) is 0 Å². The maximum atomic E-state index is 15.0. The zero-order valence-corrected chi connectivity index (χ0v) is 21.2. The summed E-state index contributed by atoms with van der Waals surface area (Å²) in [6.07, 6.45) is 3.54. The highest BCUT2D eigenvalue weighted by Gasteiger charge is 2.38. The lowest BCUT2D eigenvalue weighted by Gasteiger charge is -2.22. The quantitative estimate of drug-likeness (QED) is 0.501. The molecule has 0 unspecified atom stereocenters. The topological polar surface area (TPSA) is 98.3 Å². The van der Waals surface area contributed by atoms with Crippen LogP contribution in [0.2, 0.25) is 0 Å². The monoisotopic (exact) mass is 511 g/mol. The van der Waals surface area contributed by atoms with Crippen molar-refractivity contribution in [3.8, 4) is 11.6 Å². The zero-order valence-electron chi connectivity index (χ0n) is 21.2. The van der Waals surface area contributed by atoms with Gasteiger partial charge in [-0.3, -0.25) is 14.4 Å². The van der Waals surface area contributed by atoms with Crippen molar-refractivity contribution in [2.45, 2.75) is 58.3 Å². The van der Waals surface area contributed by atoms with Crippen molar-refractivity contribution in [2.24, 2.45) is 5.92 Å². The number of hydrogen-bond acceptors (Lipinski definition) is 7. The molecule has 9 nitrogen and oxygen atoms in total. The molecule has 2 amide bonds. The molecule has 1 aliphatic carbocycles. The molecule has 0 bridgehead atoms. The molecule has 0 N–H and O–H groups in total. The van der Waals surface area contributed by atoms with Crippen molar-refractivity contribution >= 4 is 23.5 Å². The Hall–Kier alpha value is -3.69. The molecule has 0 radical (unpaired) electrons. The first-order valence-corrected chi connectivity index (χ1v) is 12.5. The van der Waals surface area contributed by atoms with Gasteiger partial charge in [-0.05, 0) is 57.7 Å². The number of anilines is 1. The molecular formula is C27H30FN3O6. The number of hydrogen-bond donors (Lipinski definition) is 0. The lowest BCUT2D eigenvalue weighted by Crippen LogP contribution is -2.35. The number of rotatable bonds is 8. The van der Waals surface area contributed by atoms with Gasteiger partial charge in [-0.15, -0.1) is 0 Å². The van der Waals surface area contributed by atoms with E-state index < -0.39 is 29.4 Å². The van der Waals surface area contributed by atoms with Crippen LogP contribution in [-0.2, 0) is 20.9 Å². The summed E-state index contributed by atoms with van der Waals surface area (Å²) in [7, 11) is 0. The lowest BCUT2D eigenvalue weighted by molar-refractivity contribution is -0.155. The standard InChI is InChI=1S/C27H30FN3O6/c1-27(2,3)37-24(32)14-30-13-20-19(25(30)33)10-17(11-21(20)28)31-9-8-22(26(31)34)36-18-6-7-23(29-12-18)35-15-16-4-5-16/h6-7,10-12,16,22H,4-5,8-9,13-15H2,1-3H3/t22-/m1/s1. The number of ether oxygens (including phenoxy) is 3. The van der Waals surface area contributed by atoms with E-state index in [1.54, 1.807) is 32.9 Å². The van der Waals surface area contributed by atoms with Gasteiger partial charge in [0.2, 0.25) is 5.88 Å². The fraction of sp³-hybridized carbons (Fsp3) is 0.481. The van der Waals surface area contributed by atoms with Crippen LogP contribution in [0.3, 0.4) is 0 Å². The van der Waals surface area contributed by atoms with Crippen LogP contribution >= 0.6 is 0 Å². The number of esters is 1. The van der Waals surface area contributed by atoms with E-state index in [0.717, 1.165) is 0 Å². The molecular weight excluding hydrogens is 481 g/mol. The summed E-state index contributed by atoms with van der Waals surface area (Å²) in [5, 5.41) is 0. The molecule has 2 aromatic rings. The summed E-state index contributed by atoms with van der Waals surface area (Å²) >= 11 is 0. The van der Waals surface area contributed by atoms with Gasteiger partial charge in [0.05, 0.1) is 19.3 Å². The average molecular weight is 512 g/mol. The summed E-state index contributed by atoms with van der Waals surface area (Å²) in [4.78, 5) is 45.1. The van der Waals surface area contributed by atoms with Gasteiger partial charge < -0.3 is 24.0 Å². The second-order valence-corrected chi connectivity index (χ2v) is 10.7. The van der Waals surface area contributed by atoms with Crippen LogP contribution in [-0.4, -0.2) is 59.1 Å². The largest absolute Gasteiger partial charge is 0.479 e. The molecule has 2 fully saturated rings. The van der Waals surface area contributed by atoms with Gasteiger partial charge in [0.1, 0.15) is 23.7 Å². The van der Waals surface area contributed by atoms with E-state index in [-0.39, 0.29) is 35.8 Å². The van der Waals surface area contributed by atoms with Crippen molar-refractivity contribution in [3.63, 3.8) is 0 Å². The Morgan fingerprint density at radius 3 is 2.62 bits per heavy atom. The second-order valence-electron chi connectivity index (χ2n) is 10.7. The number of aromatic nitrogens is 1. The number of carbonyl (C=O) groups excluding carboxylic acids is 3. The molecule has 5 rings (SSSR count). The van der Waals surface area contributed by atoms with Crippen LogP contribution in [0.15, 0.2) is 30.5 Å². The lowest BCUT2D eigenvalue weighted by atomic mass is 10.1. The number of carbonyl (C=O) groups is 3. The van der Waals surface area contributed by atoms with Gasteiger partial charge in [0, 0.05) is 35.8 Å². The van der Waals surface area contributed by atoms with E-state index in [4.69, 9.17) is 14.2 Å². The molecule has 1 saturated heterocycles. The maximum Gasteiger partial charge on any atom is 0.326 e. The summed E-state index contributed by atoms with van der Waals surface area (Å²) in [6, 6.07) is 6.16. The van der Waals surface area contributed by atoms with Gasteiger partial charge in [-0.1, -0.05) is 0 Å². The average Bonchev–Trinajstić information content (AvgIpc) is 3.52. The number of benzene rings is 1. The summed E-state index contributed by atoms with van der Waals surface area (Å²) in [5.41, 5.74) is -0.0720. The number of nitrogens with zero attached hydrogens (tertiary/aromatic N) is 3. The summed E-state index contributed by atoms with van der Waals surface area (Å²) in [5.74, 6) is -0.408. The minimum atomic E-state index is -0.754. The minimum Gasteiger partial charge on any atom is -0.479 e. The molecule has 0 spiro atoms. The summed E-state index contributed by atoms with van der Waals surface area (Å²) < 4.78 is 31.8. The number of amides is 2. The minimum absolute atomic E-state index is 0.0351. The Balaban J connectivity index is 1.23. The zero-order chi connectivity index (χ0) is 26.3. The highest BCUT2D eigenvalue weighted by molar-refractivity contribution is 6.03. The smallest absolute Gasteiger partial charge is 0.326 e. The second kappa shape index (κ2) is 9.64. The maximum absolute atomic E-state index is 15.0. The third-order valence-corrected chi connectivity index (χ3v) is 6.41. The summed E-state index contributed by atoms with van der Waals surface area (Å²) in [6.45, 7) is 5.85. The molecule has 10 heteroatoms. The van der Waals surface area contributed by atoms with Gasteiger partial charge in [-0.25, -0.2) is 9.37 Å². The molecule has 2 aliphatic heterocycles. The Bertz CT molecular complexity index is 1220. The van der Waals surface area contributed by atoms with Gasteiger partial charge >= 0.3 is 5.97 Å². The van der Waals surface area contributed by atoms with E-state index in [0.29, 0.717) is 37.1 Å². The third-order valence-electron chi connectivity index (χ3n) is 6.41. The van der Waals surface area contributed by atoms with Crippen molar-refractivity contribution < 1.29 is 33.0 Å². The van der Waals surface area contributed by atoms with Crippen LogP contribution in [0.5, 0.6) is 11.6 Å². The first kappa shape index (κ1) is 25.0. The molecule has 37 heavy (non-hydrogen) atoms. The third kappa shape index (κ3) is 5.68. The van der Waals surface area contributed by atoms with Crippen LogP contribution in [0, 0.1) is 11.7 Å². The van der Waals surface area contributed by atoms with E-state index in [2.05, 4.69) is 4.98 Å². The van der Waals surface area contributed by atoms with Crippen molar-refractivity contribution in [2.75, 3.05) is 24.6 Å². The Morgan fingerprint density at radius 2 is 1.95 bits per heavy atom.